The van der Waals surface area contributed by atoms with Crippen LogP contribution < -0.4 is 18.7 Å². The molecule has 2 aromatic rings. The highest BCUT2D eigenvalue weighted by atomic mass is 35.5. The van der Waals surface area contributed by atoms with Crippen LogP contribution in [0.2, 0.25) is 5.02 Å². The molecular formula is C26H31ClF4N4O7S2. The Morgan fingerprint density at radius 3 is 2.41 bits per heavy atom. The third-order valence-electron chi connectivity index (χ3n) is 7.60. The summed E-state index contributed by atoms with van der Waals surface area (Å²) in [5.41, 5.74) is -3.77. The topological polar surface area (TPSA) is 137 Å². The Hall–Kier alpha value is -2.86. The van der Waals surface area contributed by atoms with Gasteiger partial charge in [0.25, 0.3) is 20.2 Å². The Balaban J connectivity index is 1.76. The summed E-state index contributed by atoms with van der Waals surface area (Å²) < 4.78 is 120. The molecular weight excluding hydrogens is 656 g/mol. The van der Waals surface area contributed by atoms with Gasteiger partial charge in [0.05, 0.1) is 34.4 Å². The fourth-order valence-corrected chi connectivity index (χ4v) is 8.33. The quantitative estimate of drug-likeness (QED) is 0.374. The molecule has 11 nitrogen and oxygen atoms in total. The van der Waals surface area contributed by atoms with Crippen molar-refractivity contribution in [3.63, 3.8) is 0 Å². The van der Waals surface area contributed by atoms with Crippen molar-refractivity contribution in [3.8, 4) is 5.75 Å². The molecule has 2 aromatic carbocycles. The van der Waals surface area contributed by atoms with Gasteiger partial charge in [0.15, 0.2) is 0 Å². The molecule has 44 heavy (non-hydrogen) atoms. The molecule has 4 rings (SSSR count). The van der Waals surface area contributed by atoms with Gasteiger partial charge < -0.3 is 9.84 Å². The zero-order valence-corrected chi connectivity index (χ0v) is 26.2. The summed E-state index contributed by atoms with van der Waals surface area (Å²) in [5, 5.41) is 9.23. The highest BCUT2D eigenvalue weighted by Crippen LogP contribution is 2.44. The van der Waals surface area contributed by atoms with Gasteiger partial charge in [-0.25, -0.2) is 17.6 Å². The number of anilines is 2. The number of amides is 1. The maximum Gasteiger partial charge on any atom is 0.412 e. The molecule has 2 atom stereocenters. The van der Waals surface area contributed by atoms with Crippen LogP contribution in [0.5, 0.6) is 5.75 Å². The number of carboxylic acid groups (broad SMARTS) is 1. The van der Waals surface area contributed by atoms with Crippen molar-refractivity contribution in [1.82, 2.24) is 9.03 Å². The maximum atomic E-state index is 13.9. The van der Waals surface area contributed by atoms with E-state index in [1.54, 1.807) is 6.92 Å². The van der Waals surface area contributed by atoms with Gasteiger partial charge in [-0.1, -0.05) is 18.0 Å². The summed E-state index contributed by atoms with van der Waals surface area (Å²) in [4.78, 5) is 11.6. The number of nitrogens with zero attached hydrogens (tertiary/aromatic N) is 3. The van der Waals surface area contributed by atoms with Gasteiger partial charge in [0.2, 0.25) is 0 Å². The van der Waals surface area contributed by atoms with Gasteiger partial charge >= 0.3 is 12.3 Å². The minimum absolute atomic E-state index is 0.0485. The summed E-state index contributed by atoms with van der Waals surface area (Å²) in [5.74, 6) is -1.08. The number of fused-ring (bicyclic) bond motifs is 1. The number of piperidine rings is 1. The average Bonchev–Trinajstić information content (AvgIpc) is 2.92. The first kappa shape index (κ1) is 34.0. The molecule has 2 heterocycles. The first-order chi connectivity index (χ1) is 20.3. The third kappa shape index (κ3) is 6.56. The zero-order valence-electron chi connectivity index (χ0n) is 23.8. The molecule has 0 spiro atoms. The fraction of sp³-hybridized carbons (Fsp3) is 0.500. The summed E-state index contributed by atoms with van der Waals surface area (Å²) >= 11 is 5.83. The first-order valence-electron chi connectivity index (χ1n) is 13.4. The van der Waals surface area contributed by atoms with Crippen molar-refractivity contribution < 1.29 is 49.0 Å². The average molecular weight is 687 g/mol. The van der Waals surface area contributed by atoms with E-state index in [0.29, 0.717) is 33.2 Å². The molecule has 2 aliphatic heterocycles. The number of alkyl halides is 3. The Morgan fingerprint density at radius 2 is 1.82 bits per heavy atom. The van der Waals surface area contributed by atoms with Crippen LogP contribution in [0.25, 0.3) is 0 Å². The first-order valence-corrected chi connectivity index (χ1v) is 16.7. The fourth-order valence-electron chi connectivity index (χ4n) is 5.05. The van der Waals surface area contributed by atoms with Crippen LogP contribution in [-0.4, -0.2) is 75.8 Å². The number of hydrogen-bond donors (Lipinski definition) is 2. The standard InChI is InChI=1S/C26H31ClF4N4O7S2/c1-16-6-4-5-11-33(16)44(40,41)32-14-18-15-34(43(38,39)19-8-9-21(28)20(27)13-19)22-12-17(7-10-23(22)42-18)35(24(36)37)25(2,3)26(29,30)31/h7-10,12-13,16,18,32H,4-6,11,14-15H2,1-3H3,(H,36,37)/t16?,18-/m0/s1. The normalized spacial score (nSPS) is 20.1. The second kappa shape index (κ2) is 12.2. The number of nitrogens with one attached hydrogen (secondary N) is 1. The second-order valence-electron chi connectivity index (χ2n) is 11.0. The van der Waals surface area contributed by atoms with Gasteiger partial charge in [-0.2, -0.15) is 30.6 Å². The van der Waals surface area contributed by atoms with Crippen molar-refractivity contribution >= 4 is 49.3 Å². The van der Waals surface area contributed by atoms with Crippen LogP contribution in [-0.2, 0) is 20.2 Å². The number of hydrogen-bond acceptors (Lipinski definition) is 6. The summed E-state index contributed by atoms with van der Waals surface area (Å²) in [6.45, 7) is 2.45. The largest absolute Gasteiger partial charge is 0.485 e. The van der Waals surface area contributed by atoms with Crippen LogP contribution >= 0.6 is 11.6 Å². The summed E-state index contributed by atoms with van der Waals surface area (Å²) in [7, 11) is -8.62. The van der Waals surface area contributed by atoms with Gasteiger partial charge in [0.1, 0.15) is 23.2 Å². The number of rotatable bonds is 8. The molecule has 0 radical (unpaired) electrons. The van der Waals surface area contributed by atoms with Crippen LogP contribution in [0.3, 0.4) is 0 Å². The van der Waals surface area contributed by atoms with Crippen LogP contribution in [0, 0.1) is 5.82 Å². The Labute approximate surface area is 257 Å². The minimum atomic E-state index is -5.01. The molecule has 2 aliphatic rings. The van der Waals surface area contributed by atoms with E-state index in [-0.39, 0.29) is 28.9 Å². The lowest BCUT2D eigenvalue weighted by Gasteiger charge is -2.40. The molecule has 1 unspecified atom stereocenters. The molecule has 0 aromatic heterocycles. The number of halogens is 5. The maximum absolute atomic E-state index is 13.9. The lowest BCUT2D eigenvalue weighted by molar-refractivity contribution is -0.175. The Kier molecular flexibility index (Phi) is 9.39. The number of sulfonamides is 1. The molecule has 244 valence electrons. The number of benzene rings is 2. The van der Waals surface area contributed by atoms with E-state index in [0.717, 1.165) is 47.1 Å². The molecule has 0 bridgehead atoms. The van der Waals surface area contributed by atoms with Gasteiger partial charge in [-0.3, -0.25) is 9.21 Å². The van der Waals surface area contributed by atoms with E-state index in [1.807, 2.05) is 0 Å². The highest BCUT2D eigenvalue weighted by Gasteiger charge is 2.54. The van der Waals surface area contributed by atoms with Crippen LogP contribution in [0.15, 0.2) is 41.3 Å². The summed E-state index contributed by atoms with van der Waals surface area (Å²) in [6.07, 6.45) is -5.88. The molecule has 2 N–H and O–H groups in total. The summed E-state index contributed by atoms with van der Waals surface area (Å²) in [6, 6.07) is 5.36. The molecule has 1 amide bonds. The lowest BCUT2D eigenvalue weighted by atomic mass is 10.0. The highest BCUT2D eigenvalue weighted by molar-refractivity contribution is 7.92. The van der Waals surface area contributed by atoms with Crippen molar-refractivity contribution in [1.29, 1.82) is 0 Å². The monoisotopic (exact) mass is 686 g/mol. The van der Waals surface area contributed by atoms with Crippen LogP contribution in [0.4, 0.5) is 33.7 Å². The van der Waals surface area contributed by atoms with E-state index in [9.17, 15) is 44.3 Å². The number of ether oxygens (including phenoxy) is 1. The van der Waals surface area contributed by atoms with E-state index >= 15 is 0 Å². The second-order valence-corrected chi connectivity index (χ2v) is 15.0. The van der Waals surface area contributed by atoms with Crippen molar-refractivity contribution in [3.05, 3.63) is 47.2 Å². The minimum Gasteiger partial charge on any atom is -0.485 e. The van der Waals surface area contributed by atoms with Gasteiger partial charge in [-0.05, 0) is 70.0 Å². The molecule has 0 aliphatic carbocycles. The number of carbonyl (C=O) groups is 1. The van der Waals surface area contributed by atoms with Crippen LogP contribution in [0.1, 0.15) is 40.0 Å². The Morgan fingerprint density at radius 1 is 1.14 bits per heavy atom. The molecule has 0 saturated carbocycles. The Bertz CT molecular complexity index is 1640. The zero-order chi connectivity index (χ0) is 32.8. The lowest BCUT2D eigenvalue weighted by Crippen LogP contribution is -2.57. The SMILES string of the molecule is CC1CCCCN1S(=O)(=O)NC[C@H]1CN(S(=O)(=O)c2ccc(F)c(Cl)c2)c2cc(N(C(=O)O)C(C)(C)C(F)(F)F)ccc2O1. The van der Waals surface area contributed by atoms with E-state index < -0.39 is 72.1 Å². The predicted molar refractivity (Wildman–Crippen MR) is 154 cm³/mol. The van der Waals surface area contributed by atoms with Crippen molar-refractivity contribution in [2.75, 3.05) is 28.8 Å². The van der Waals surface area contributed by atoms with Crippen molar-refractivity contribution in [2.45, 2.75) is 68.8 Å². The predicted octanol–water partition coefficient (Wildman–Crippen LogP) is 4.97. The molecule has 1 fully saturated rings. The van der Waals surface area contributed by atoms with Gasteiger partial charge in [-0.15, -0.1) is 0 Å². The van der Waals surface area contributed by atoms with E-state index in [4.69, 9.17) is 16.3 Å². The van der Waals surface area contributed by atoms with Gasteiger partial charge in [0, 0.05) is 12.6 Å². The molecule has 1 saturated heterocycles. The van der Waals surface area contributed by atoms with Crippen molar-refractivity contribution in [2.24, 2.45) is 0 Å². The third-order valence-corrected chi connectivity index (χ3v) is 11.4. The smallest absolute Gasteiger partial charge is 0.412 e. The van der Waals surface area contributed by atoms with E-state index in [2.05, 4.69) is 4.72 Å². The molecule has 18 heteroatoms. The van der Waals surface area contributed by atoms with E-state index in [1.165, 1.54) is 4.31 Å².